The van der Waals surface area contributed by atoms with Gasteiger partial charge in [-0.15, -0.1) is 0 Å². The van der Waals surface area contributed by atoms with Gasteiger partial charge in [0.25, 0.3) is 0 Å². The lowest BCUT2D eigenvalue weighted by atomic mass is 10.1. The van der Waals surface area contributed by atoms with Crippen molar-refractivity contribution in [2.24, 2.45) is 17.4 Å². The number of esters is 2. The monoisotopic (exact) mass is 418 g/mol. The van der Waals surface area contributed by atoms with E-state index in [1.807, 2.05) is 0 Å². The normalized spacial score (nSPS) is 10.1. The van der Waals surface area contributed by atoms with Gasteiger partial charge in [-0.2, -0.15) is 25.3 Å². The summed E-state index contributed by atoms with van der Waals surface area (Å²) in [6, 6.07) is 5.97. The van der Waals surface area contributed by atoms with E-state index in [1.54, 1.807) is 13.0 Å². The first-order valence-corrected chi connectivity index (χ1v) is 8.97. The molecule has 0 radical (unpaired) electrons. The number of rotatable bonds is 6. The zero-order valence-electron chi connectivity index (χ0n) is 15.5. The number of thiol groups is 2. The van der Waals surface area contributed by atoms with E-state index in [4.69, 9.17) is 11.5 Å². The lowest BCUT2D eigenvalue weighted by Gasteiger charge is -2.02. The number of carbonyl (C=O) groups is 4. The highest BCUT2D eigenvalue weighted by Crippen LogP contribution is 2.03. The molecule has 2 amide bonds. The minimum absolute atomic E-state index is 0.0802. The second-order valence-corrected chi connectivity index (χ2v) is 5.78. The van der Waals surface area contributed by atoms with Crippen LogP contribution in [-0.4, -0.2) is 49.5 Å². The quantitative estimate of drug-likeness (QED) is 0.403. The van der Waals surface area contributed by atoms with Gasteiger partial charge in [-0.3, -0.25) is 19.2 Å². The Kier molecular flexibility index (Phi) is 16.0. The average molecular weight is 419 g/mol. The number of hydrogen-bond acceptors (Lipinski definition) is 8. The molecule has 0 heterocycles. The SMILES string of the molecule is COC(=O)C(C)CS.COC(=O)CCS.NC(=O)c1cccc(C(N)=O)c1. The lowest BCUT2D eigenvalue weighted by molar-refractivity contribution is -0.144. The number of primary amides is 2. The zero-order valence-corrected chi connectivity index (χ0v) is 17.3. The van der Waals surface area contributed by atoms with Crippen molar-refractivity contribution in [3.63, 3.8) is 0 Å². The largest absolute Gasteiger partial charge is 0.469 e. The Balaban J connectivity index is 0. The molecule has 0 aromatic heterocycles. The van der Waals surface area contributed by atoms with Gasteiger partial charge in [-0.05, 0) is 18.2 Å². The molecule has 1 aromatic rings. The first-order chi connectivity index (χ1) is 12.6. The van der Waals surface area contributed by atoms with Crippen LogP contribution in [0, 0.1) is 5.92 Å². The minimum Gasteiger partial charge on any atom is -0.469 e. The number of methoxy groups -OCH3 is 2. The highest BCUT2D eigenvalue weighted by atomic mass is 32.1. The summed E-state index contributed by atoms with van der Waals surface area (Å²) in [5, 5.41) is 0. The van der Waals surface area contributed by atoms with E-state index in [0.717, 1.165) is 0 Å². The number of nitrogens with two attached hydrogens (primary N) is 2. The van der Waals surface area contributed by atoms with Crippen LogP contribution in [-0.2, 0) is 19.1 Å². The minimum atomic E-state index is -0.571. The number of hydrogen-bond donors (Lipinski definition) is 4. The molecule has 0 saturated carbocycles. The maximum Gasteiger partial charge on any atom is 0.309 e. The Morgan fingerprint density at radius 2 is 1.48 bits per heavy atom. The molecule has 0 saturated heterocycles. The summed E-state index contributed by atoms with van der Waals surface area (Å²) in [4.78, 5) is 41.9. The molecule has 0 bridgehead atoms. The molecule has 10 heteroatoms. The number of amides is 2. The van der Waals surface area contributed by atoms with Crippen molar-refractivity contribution in [2.45, 2.75) is 13.3 Å². The molecule has 27 heavy (non-hydrogen) atoms. The van der Waals surface area contributed by atoms with Crippen molar-refractivity contribution in [3.05, 3.63) is 35.4 Å². The molecule has 1 unspecified atom stereocenters. The number of ether oxygens (including phenoxy) is 2. The molecule has 0 spiro atoms. The van der Waals surface area contributed by atoms with E-state index < -0.39 is 11.8 Å². The summed E-state index contributed by atoms with van der Waals surface area (Å²) in [6.07, 6.45) is 0.402. The summed E-state index contributed by atoms with van der Waals surface area (Å²) in [7, 11) is 2.74. The fourth-order valence-corrected chi connectivity index (χ4v) is 1.63. The van der Waals surface area contributed by atoms with Gasteiger partial charge in [0.2, 0.25) is 11.8 Å². The molecule has 0 aliphatic carbocycles. The second-order valence-electron chi connectivity index (χ2n) is 4.97. The molecular formula is C17H26N2O6S2. The van der Waals surface area contributed by atoms with Gasteiger partial charge >= 0.3 is 11.9 Å². The van der Waals surface area contributed by atoms with Crippen LogP contribution >= 0.6 is 25.3 Å². The highest BCUT2D eigenvalue weighted by molar-refractivity contribution is 7.80. The van der Waals surface area contributed by atoms with Crippen molar-refractivity contribution < 1.29 is 28.7 Å². The molecule has 1 aromatic carbocycles. The first-order valence-electron chi connectivity index (χ1n) is 7.70. The van der Waals surface area contributed by atoms with Gasteiger partial charge in [-0.1, -0.05) is 13.0 Å². The fourth-order valence-electron chi connectivity index (χ4n) is 1.29. The van der Waals surface area contributed by atoms with Crippen molar-refractivity contribution >= 4 is 49.0 Å². The molecule has 1 atom stereocenters. The van der Waals surface area contributed by atoms with E-state index in [2.05, 4.69) is 34.7 Å². The van der Waals surface area contributed by atoms with Gasteiger partial charge in [0.15, 0.2) is 0 Å². The highest BCUT2D eigenvalue weighted by Gasteiger charge is 2.08. The van der Waals surface area contributed by atoms with E-state index >= 15 is 0 Å². The Morgan fingerprint density at radius 3 is 1.70 bits per heavy atom. The summed E-state index contributed by atoms with van der Waals surface area (Å²) in [5.41, 5.74) is 10.6. The summed E-state index contributed by atoms with van der Waals surface area (Å²) >= 11 is 7.72. The Bertz CT molecular complexity index is 596. The zero-order chi connectivity index (χ0) is 21.4. The Morgan fingerprint density at radius 1 is 1.00 bits per heavy atom. The maximum atomic E-state index is 10.6. The predicted molar refractivity (Wildman–Crippen MR) is 109 cm³/mol. The Hall–Kier alpha value is -2.20. The lowest BCUT2D eigenvalue weighted by Crippen LogP contribution is -2.14. The van der Waals surface area contributed by atoms with Crippen LogP contribution in [0.4, 0.5) is 0 Å². The third-order valence-corrected chi connectivity index (χ3v) is 3.62. The van der Waals surface area contributed by atoms with Gasteiger partial charge in [0.05, 0.1) is 26.6 Å². The summed E-state index contributed by atoms with van der Waals surface area (Å²) in [5.74, 6) is -0.506. The van der Waals surface area contributed by atoms with Crippen molar-refractivity contribution in [1.29, 1.82) is 0 Å². The van der Waals surface area contributed by atoms with Gasteiger partial charge in [0, 0.05) is 22.6 Å². The summed E-state index contributed by atoms with van der Waals surface area (Å²) < 4.78 is 8.72. The van der Waals surface area contributed by atoms with Gasteiger partial charge in [0.1, 0.15) is 0 Å². The molecule has 0 aliphatic heterocycles. The first kappa shape index (κ1) is 27.0. The smallest absolute Gasteiger partial charge is 0.309 e. The van der Waals surface area contributed by atoms with Crippen LogP contribution in [0.5, 0.6) is 0 Å². The van der Waals surface area contributed by atoms with Crippen LogP contribution in [0.1, 0.15) is 34.1 Å². The molecule has 0 aliphatic rings. The molecular weight excluding hydrogens is 392 g/mol. The van der Waals surface area contributed by atoms with Crippen molar-refractivity contribution in [3.8, 4) is 0 Å². The number of benzene rings is 1. The molecule has 8 nitrogen and oxygen atoms in total. The van der Waals surface area contributed by atoms with Crippen LogP contribution in [0.3, 0.4) is 0 Å². The van der Waals surface area contributed by atoms with Crippen LogP contribution in [0.25, 0.3) is 0 Å². The Labute approximate surface area is 169 Å². The molecule has 1 rings (SSSR count). The van der Waals surface area contributed by atoms with Crippen LogP contribution in [0.2, 0.25) is 0 Å². The van der Waals surface area contributed by atoms with E-state index in [0.29, 0.717) is 17.9 Å². The fraction of sp³-hybridized carbons (Fsp3) is 0.412. The predicted octanol–water partition coefficient (Wildman–Crippen LogP) is 1.09. The molecule has 0 fully saturated rings. The second kappa shape index (κ2) is 16.0. The standard InChI is InChI=1S/C8H8N2O2.C5H10O2S.C4H8O2S/c9-7(11)5-2-1-3-6(4-5)8(10)12;1-4(3-8)5(6)7-2;1-6-4(5)2-3-7/h1-4H,(H2,9,11)(H2,10,12);4,8H,3H2,1-2H3;7H,2-3H2,1H3. The van der Waals surface area contributed by atoms with Gasteiger partial charge in [-0.25, -0.2) is 0 Å². The van der Waals surface area contributed by atoms with E-state index in [1.165, 1.54) is 32.4 Å². The van der Waals surface area contributed by atoms with E-state index in [-0.39, 0.29) is 29.0 Å². The molecule has 152 valence electrons. The summed E-state index contributed by atoms with van der Waals surface area (Å²) in [6.45, 7) is 1.78. The third kappa shape index (κ3) is 13.6. The number of carbonyl (C=O) groups excluding carboxylic acids is 4. The maximum absolute atomic E-state index is 10.6. The van der Waals surface area contributed by atoms with Gasteiger partial charge < -0.3 is 20.9 Å². The third-order valence-electron chi connectivity index (χ3n) is 2.85. The van der Waals surface area contributed by atoms with Crippen molar-refractivity contribution in [1.82, 2.24) is 0 Å². The van der Waals surface area contributed by atoms with Crippen molar-refractivity contribution in [2.75, 3.05) is 25.7 Å². The topological polar surface area (TPSA) is 139 Å². The van der Waals surface area contributed by atoms with E-state index in [9.17, 15) is 19.2 Å². The van der Waals surface area contributed by atoms with Crippen LogP contribution < -0.4 is 11.5 Å². The van der Waals surface area contributed by atoms with Crippen LogP contribution in [0.15, 0.2) is 24.3 Å². The molecule has 4 N–H and O–H groups in total. The average Bonchev–Trinajstić information content (AvgIpc) is 2.67.